The van der Waals surface area contributed by atoms with E-state index in [1.165, 1.54) is 6.07 Å². The van der Waals surface area contributed by atoms with E-state index >= 15 is 0 Å². The van der Waals surface area contributed by atoms with Crippen LogP contribution in [0.4, 0.5) is 5.69 Å². The van der Waals surface area contributed by atoms with Crippen LogP contribution in [0.1, 0.15) is 17.5 Å². The van der Waals surface area contributed by atoms with Gasteiger partial charge >= 0.3 is 5.69 Å². The number of benzene rings is 2. The summed E-state index contributed by atoms with van der Waals surface area (Å²) >= 11 is 0. The minimum atomic E-state index is -0.505. The second-order valence-electron chi connectivity index (χ2n) is 5.79. The zero-order valence-corrected chi connectivity index (χ0v) is 14.2. The Balaban J connectivity index is 1.47. The molecule has 0 radical (unpaired) electrons. The Morgan fingerprint density at radius 3 is 2.85 bits per heavy atom. The number of rotatable bonds is 7. The molecular weight excluding hydrogens is 340 g/mol. The first-order chi connectivity index (χ1) is 12.5. The molecule has 0 aliphatic carbocycles. The van der Waals surface area contributed by atoms with Crippen LogP contribution in [0.3, 0.4) is 0 Å². The van der Waals surface area contributed by atoms with E-state index < -0.39 is 4.92 Å². The molecule has 136 valence electrons. The van der Waals surface area contributed by atoms with Crippen molar-refractivity contribution < 1.29 is 23.9 Å². The molecule has 1 aliphatic rings. The third-order valence-corrected chi connectivity index (χ3v) is 3.83. The number of fused-ring (bicyclic) bond motifs is 1. The van der Waals surface area contributed by atoms with Crippen molar-refractivity contribution in [2.45, 2.75) is 19.9 Å². The molecule has 0 unspecified atom stereocenters. The van der Waals surface area contributed by atoms with Gasteiger partial charge in [-0.2, -0.15) is 0 Å². The predicted octanol–water partition coefficient (Wildman–Crippen LogP) is 2.72. The molecule has 0 spiro atoms. The van der Waals surface area contributed by atoms with Gasteiger partial charge in [0.2, 0.25) is 12.7 Å². The molecule has 1 amide bonds. The first kappa shape index (κ1) is 17.5. The fourth-order valence-electron chi connectivity index (χ4n) is 2.48. The summed E-state index contributed by atoms with van der Waals surface area (Å²) in [5, 5.41) is 13.8. The van der Waals surface area contributed by atoms with Gasteiger partial charge in [-0.1, -0.05) is 12.1 Å². The first-order valence-corrected chi connectivity index (χ1v) is 8.06. The lowest BCUT2D eigenvalue weighted by molar-refractivity contribution is -0.385. The van der Waals surface area contributed by atoms with Crippen LogP contribution >= 0.6 is 0 Å². The number of nitro benzene ring substituents is 1. The van der Waals surface area contributed by atoms with Gasteiger partial charge in [0.25, 0.3) is 0 Å². The predicted molar refractivity (Wildman–Crippen MR) is 92.4 cm³/mol. The Labute approximate surface area is 149 Å². The van der Waals surface area contributed by atoms with Crippen LogP contribution in [0.15, 0.2) is 36.4 Å². The van der Waals surface area contributed by atoms with Crippen molar-refractivity contribution in [1.29, 1.82) is 0 Å². The van der Waals surface area contributed by atoms with Gasteiger partial charge < -0.3 is 19.5 Å². The molecule has 2 aromatic carbocycles. The Bertz CT molecular complexity index is 836. The maximum absolute atomic E-state index is 11.9. The molecule has 0 atom stereocenters. The van der Waals surface area contributed by atoms with E-state index in [0.717, 1.165) is 11.1 Å². The van der Waals surface area contributed by atoms with Crippen molar-refractivity contribution in [3.63, 3.8) is 0 Å². The molecule has 0 saturated heterocycles. The van der Waals surface area contributed by atoms with Gasteiger partial charge in [0, 0.05) is 12.6 Å². The molecule has 1 N–H and O–H groups in total. The summed E-state index contributed by atoms with van der Waals surface area (Å²) in [6.07, 6.45) is 0.0929. The average Bonchev–Trinajstić information content (AvgIpc) is 3.07. The zero-order valence-electron chi connectivity index (χ0n) is 14.2. The first-order valence-electron chi connectivity index (χ1n) is 8.06. The number of amides is 1. The highest BCUT2D eigenvalue weighted by Gasteiger charge is 2.16. The average molecular weight is 358 g/mol. The lowest BCUT2D eigenvalue weighted by Gasteiger charge is -2.09. The number of ether oxygens (including phenoxy) is 3. The highest BCUT2D eigenvalue weighted by Crippen LogP contribution is 2.32. The summed E-state index contributed by atoms with van der Waals surface area (Å²) in [5.41, 5.74) is 1.62. The smallest absolute Gasteiger partial charge is 0.310 e. The van der Waals surface area contributed by atoms with Gasteiger partial charge in [0.05, 0.1) is 18.0 Å². The van der Waals surface area contributed by atoms with Crippen LogP contribution in [0.5, 0.6) is 17.2 Å². The topological polar surface area (TPSA) is 99.9 Å². The number of nitrogens with zero attached hydrogens (tertiary/aromatic N) is 1. The van der Waals surface area contributed by atoms with Gasteiger partial charge in [-0.25, -0.2) is 0 Å². The minimum absolute atomic E-state index is 0.0528. The third-order valence-electron chi connectivity index (χ3n) is 3.83. The molecule has 8 heteroatoms. The fraction of sp³-hybridized carbons (Fsp3) is 0.278. The molecule has 1 heterocycles. The Hall–Kier alpha value is -3.29. The quantitative estimate of drug-likeness (QED) is 0.603. The molecule has 26 heavy (non-hydrogen) atoms. The van der Waals surface area contributed by atoms with Crippen molar-refractivity contribution in [1.82, 2.24) is 5.32 Å². The van der Waals surface area contributed by atoms with Crippen molar-refractivity contribution in [3.05, 3.63) is 57.6 Å². The lowest BCUT2D eigenvalue weighted by atomic mass is 10.2. The summed E-state index contributed by atoms with van der Waals surface area (Å²) in [4.78, 5) is 22.4. The number of carbonyl (C=O) groups is 1. The Morgan fingerprint density at radius 1 is 1.23 bits per heavy atom. The molecule has 0 aromatic heterocycles. The summed E-state index contributed by atoms with van der Waals surface area (Å²) < 4.78 is 15.9. The van der Waals surface area contributed by atoms with Crippen LogP contribution in [0, 0.1) is 17.0 Å². The second-order valence-corrected chi connectivity index (χ2v) is 5.79. The van der Waals surface area contributed by atoms with E-state index in [0.29, 0.717) is 18.0 Å². The molecule has 2 aromatic rings. The summed E-state index contributed by atoms with van der Waals surface area (Å²) in [5.74, 6) is 1.30. The highest BCUT2D eigenvalue weighted by atomic mass is 16.7. The van der Waals surface area contributed by atoms with Crippen molar-refractivity contribution >= 4 is 11.6 Å². The number of hydrogen-bond donors (Lipinski definition) is 1. The maximum Gasteiger partial charge on any atom is 0.310 e. The normalized spacial score (nSPS) is 11.9. The summed E-state index contributed by atoms with van der Waals surface area (Å²) in [7, 11) is 0. The van der Waals surface area contributed by atoms with Crippen LogP contribution < -0.4 is 19.5 Å². The number of aryl methyl sites for hydroxylation is 1. The van der Waals surface area contributed by atoms with Crippen LogP contribution in [-0.4, -0.2) is 24.2 Å². The Morgan fingerprint density at radius 2 is 2.04 bits per heavy atom. The molecule has 0 fully saturated rings. The monoisotopic (exact) mass is 358 g/mol. The number of hydrogen-bond acceptors (Lipinski definition) is 6. The number of nitro groups is 1. The van der Waals surface area contributed by atoms with Gasteiger partial charge in [0.1, 0.15) is 0 Å². The van der Waals surface area contributed by atoms with Gasteiger partial charge in [0.15, 0.2) is 17.2 Å². The molecule has 3 rings (SSSR count). The molecular formula is C18H18N2O6. The molecule has 0 bridgehead atoms. The van der Waals surface area contributed by atoms with Crippen LogP contribution in [0.25, 0.3) is 0 Å². The third kappa shape index (κ3) is 4.21. The molecule has 1 aliphatic heterocycles. The molecule has 8 nitrogen and oxygen atoms in total. The zero-order chi connectivity index (χ0) is 18.5. The van der Waals surface area contributed by atoms with Gasteiger partial charge in [-0.3, -0.25) is 14.9 Å². The summed E-state index contributed by atoms with van der Waals surface area (Å²) in [6, 6.07) is 10.1. The fourth-order valence-corrected chi connectivity index (χ4v) is 2.48. The minimum Gasteiger partial charge on any atom is -0.486 e. The van der Waals surface area contributed by atoms with E-state index in [-0.39, 0.29) is 37.2 Å². The summed E-state index contributed by atoms with van der Waals surface area (Å²) in [6.45, 7) is 2.42. The van der Waals surface area contributed by atoms with E-state index in [4.69, 9.17) is 14.2 Å². The van der Waals surface area contributed by atoms with E-state index in [1.807, 2.05) is 19.1 Å². The number of nitrogens with one attached hydrogen (secondary N) is 1. The van der Waals surface area contributed by atoms with Crippen molar-refractivity contribution in [2.24, 2.45) is 0 Å². The largest absolute Gasteiger partial charge is 0.486 e. The highest BCUT2D eigenvalue weighted by molar-refractivity contribution is 5.76. The number of carbonyl (C=O) groups excluding carboxylic acids is 1. The lowest BCUT2D eigenvalue weighted by Crippen LogP contribution is -2.24. The van der Waals surface area contributed by atoms with Crippen LogP contribution in [-0.2, 0) is 11.3 Å². The van der Waals surface area contributed by atoms with E-state index in [9.17, 15) is 14.9 Å². The van der Waals surface area contributed by atoms with E-state index in [2.05, 4.69) is 5.32 Å². The van der Waals surface area contributed by atoms with Crippen molar-refractivity contribution in [2.75, 3.05) is 13.4 Å². The van der Waals surface area contributed by atoms with Crippen molar-refractivity contribution in [3.8, 4) is 17.2 Å². The standard InChI is InChI=1S/C18H18N2O6/c1-12-2-4-14(20(22)23)16(8-12)24-7-6-18(21)19-10-13-3-5-15-17(9-13)26-11-25-15/h2-5,8-9H,6-7,10-11H2,1H3,(H,19,21). The van der Waals surface area contributed by atoms with Crippen LogP contribution in [0.2, 0.25) is 0 Å². The van der Waals surface area contributed by atoms with E-state index in [1.54, 1.807) is 18.2 Å². The maximum atomic E-state index is 11.9. The Kier molecular flexibility index (Phi) is 5.21. The molecule has 0 saturated carbocycles. The SMILES string of the molecule is Cc1ccc([N+](=O)[O-])c(OCCC(=O)NCc2ccc3c(c2)OCO3)c1. The van der Waals surface area contributed by atoms with Gasteiger partial charge in [-0.05, 0) is 36.2 Å². The second kappa shape index (κ2) is 7.73. The van der Waals surface area contributed by atoms with Gasteiger partial charge in [-0.15, -0.1) is 0 Å².